The number of ether oxygens (including phenoxy) is 3. The van der Waals surface area contributed by atoms with Crippen molar-refractivity contribution in [2.45, 2.75) is 46.1 Å². The number of fused-ring (bicyclic) bond motifs is 1. The first-order valence-electron chi connectivity index (χ1n) is 10.3. The molecule has 7 heteroatoms. The van der Waals surface area contributed by atoms with Crippen molar-refractivity contribution in [2.24, 2.45) is 0 Å². The molecule has 3 rings (SSSR count). The Balaban J connectivity index is 2.14. The second kappa shape index (κ2) is 10.2. The van der Waals surface area contributed by atoms with Crippen molar-refractivity contribution in [1.82, 2.24) is 14.6 Å². The molecule has 0 aliphatic carbocycles. The van der Waals surface area contributed by atoms with Gasteiger partial charge in [-0.15, -0.1) is 0 Å². The Morgan fingerprint density at radius 1 is 1.17 bits per heavy atom. The molecular weight excluding hydrogens is 382 g/mol. The summed E-state index contributed by atoms with van der Waals surface area (Å²) < 4.78 is 17.9. The average Bonchev–Trinajstić information content (AvgIpc) is 3.16. The summed E-state index contributed by atoms with van der Waals surface area (Å²) in [4.78, 5) is 16.2. The summed E-state index contributed by atoms with van der Waals surface area (Å²) in [6.45, 7) is 4.71. The lowest BCUT2D eigenvalue weighted by Crippen LogP contribution is -2.11. The number of hydrogen-bond donors (Lipinski definition) is 0. The van der Waals surface area contributed by atoms with Gasteiger partial charge in [0, 0.05) is 36.5 Å². The molecular formula is C23H29N3O4. The average molecular weight is 412 g/mol. The number of pyridine rings is 1. The molecule has 0 amide bonds. The number of rotatable bonds is 10. The van der Waals surface area contributed by atoms with Gasteiger partial charge in [-0.1, -0.05) is 6.92 Å². The summed E-state index contributed by atoms with van der Waals surface area (Å²) in [6.07, 6.45) is 6.10. The molecule has 160 valence electrons. The van der Waals surface area contributed by atoms with Crippen LogP contribution in [-0.4, -0.2) is 41.4 Å². The van der Waals surface area contributed by atoms with Gasteiger partial charge in [0.1, 0.15) is 5.75 Å². The first-order chi connectivity index (χ1) is 14.6. The fraction of sp³-hybridized carbons (Fsp3) is 0.435. The van der Waals surface area contributed by atoms with Gasteiger partial charge in [-0.3, -0.25) is 9.78 Å². The molecule has 3 aromatic heterocycles. The van der Waals surface area contributed by atoms with E-state index in [4.69, 9.17) is 19.3 Å². The molecule has 0 aliphatic rings. The van der Waals surface area contributed by atoms with Crippen LogP contribution in [0.1, 0.15) is 43.6 Å². The van der Waals surface area contributed by atoms with Crippen LogP contribution in [0.2, 0.25) is 0 Å². The normalized spacial score (nSPS) is 11.1. The molecule has 0 spiro atoms. The number of nitrogens with zero attached hydrogens (tertiary/aromatic N) is 3. The first kappa shape index (κ1) is 21.8. The summed E-state index contributed by atoms with van der Waals surface area (Å²) in [6, 6.07) is 6.16. The van der Waals surface area contributed by atoms with E-state index in [2.05, 4.69) is 24.0 Å². The van der Waals surface area contributed by atoms with E-state index >= 15 is 0 Å². The van der Waals surface area contributed by atoms with Crippen molar-refractivity contribution >= 4 is 11.5 Å². The van der Waals surface area contributed by atoms with E-state index in [1.165, 1.54) is 0 Å². The maximum atomic E-state index is 11.8. The number of aromatic nitrogens is 3. The van der Waals surface area contributed by atoms with Crippen molar-refractivity contribution in [1.29, 1.82) is 0 Å². The zero-order valence-corrected chi connectivity index (χ0v) is 18.1. The fourth-order valence-corrected chi connectivity index (χ4v) is 3.68. The zero-order chi connectivity index (χ0) is 21.5. The predicted molar refractivity (Wildman–Crippen MR) is 115 cm³/mol. The maximum Gasteiger partial charge on any atom is 0.305 e. The molecule has 0 aromatic carbocycles. The maximum absolute atomic E-state index is 11.8. The van der Waals surface area contributed by atoms with Crippen LogP contribution in [0.5, 0.6) is 5.75 Å². The Morgan fingerprint density at radius 3 is 2.70 bits per heavy atom. The number of methoxy groups -OCH3 is 2. The monoisotopic (exact) mass is 411 g/mol. The smallest absolute Gasteiger partial charge is 0.305 e. The number of carbonyl (C=O) groups excluding carboxylic acids is 1. The topological polar surface area (TPSA) is 75.0 Å². The van der Waals surface area contributed by atoms with Crippen LogP contribution in [0.4, 0.5) is 0 Å². The van der Waals surface area contributed by atoms with Gasteiger partial charge in [-0.25, -0.2) is 4.52 Å². The van der Waals surface area contributed by atoms with E-state index in [-0.39, 0.29) is 5.97 Å². The van der Waals surface area contributed by atoms with E-state index in [0.717, 1.165) is 40.0 Å². The Labute approximate surface area is 177 Å². The molecule has 0 saturated carbocycles. The summed E-state index contributed by atoms with van der Waals surface area (Å²) >= 11 is 0. The van der Waals surface area contributed by atoms with Crippen LogP contribution in [0.3, 0.4) is 0 Å². The molecule has 0 bridgehead atoms. The third-order valence-corrected chi connectivity index (χ3v) is 5.05. The van der Waals surface area contributed by atoms with Crippen LogP contribution in [-0.2, 0) is 33.7 Å². The highest BCUT2D eigenvalue weighted by Crippen LogP contribution is 2.34. The van der Waals surface area contributed by atoms with Gasteiger partial charge >= 0.3 is 5.97 Å². The van der Waals surface area contributed by atoms with Crippen molar-refractivity contribution in [3.63, 3.8) is 0 Å². The number of carbonyl (C=O) groups is 1. The SMILES string of the molecule is CCOC(=O)CCCc1c(COC)nn2c(CC)ccc2c1-c1cncc(OC)c1. The lowest BCUT2D eigenvalue weighted by atomic mass is 9.95. The summed E-state index contributed by atoms with van der Waals surface area (Å²) in [5.41, 5.74) is 6.05. The lowest BCUT2D eigenvalue weighted by Gasteiger charge is -2.17. The van der Waals surface area contributed by atoms with Crippen LogP contribution in [0.25, 0.3) is 16.6 Å². The van der Waals surface area contributed by atoms with E-state index in [0.29, 0.717) is 38.2 Å². The summed E-state index contributed by atoms with van der Waals surface area (Å²) in [7, 11) is 3.30. The highest BCUT2D eigenvalue weighted by Gasteiger charge is 2.19. The van der Waals surface area contributed by atoms with Gasteiger partial charge < -0.3 is 14.2 Å². The second-order valence-corrected chi connectivity index (χ2v) is 6.98. The standard InChI is InChI=1S/C23H29N3O4/c1-5-17-10-11-21-23(16-12-18(29-4)14-24-13-16)19(8-7-9-22(27)30-6-2)20(15-28-3)25-26(17)21/h10-14H,5-9,15H2,1-4H3. The van der Waals surface area contributed by atoms with Gasteiger partial charge in [0.15, 0.2) is 0 Å². The minimum absolute atomic E-state index is 0.180. The Hall–Kier alpha value is -2.93. The number of hydrogen-bond acceptors (Lipinski definition) is 6. The van der Waals surface area contributed by atoms with Crippen LogP contribution >= 0.6 is 0 Å². The van der Waals surface area contributed by atoms with Crippen LogP contribution in [0, 0.1) is 0 Å². The molecule has 7 nitrogen and oxygen atoms in total. The Kier molecular flexibility index (Phi) is 7.41. The van der Waals surface area contributed by atoms with Crippen LogP contribution in [0.15, 0.2) is 30.6 Å². The molecule has 0 radical (unpaired) electrons. The predicted octanol–water partition coefficient (Wildman–Crippen LogP) is 4.00. The van der Waals surface area contributed by atoms with Crippen molar-refractivity contribution < 1.29 is 19.0 Å². The highest BCUT2D eigenvalue weighted by atomic mass is 16.5. The summed E-state index contributed by atoms with van der Waals surface area (Å²) in [5.74, 6) is 0.510. The zero-order valence-electron chi connectivity index (χ0n) is 18.1. The molecule has 3 heterocycles. The molecule has 0 saturated heterocycles. The van der Waals surface area contributed by atoms with Crippen molar-refractivity contribution in [3.05, 3.63) is 47.5 Å². The molecule has 0 atom stereocenters. The van der Waals surface area contributed by atoms with Crippen molar-refractivity contribution in [3.8, 4) is 16.9 Å². The van der Waals surface area contributed by atoms with E-state index < -0.39 is 0 Å². The third-order valence-electron chi connectivity index (χ3n) is 5.05. The first-order valence-corrected chi connectivity index (χ1v) is 10.3. The van der Waals surface area contributed by atoms with Gasteiger partial charge in [0.2, 0.25) is 0 Å². The molecule has 0 unspecified atom stereocenters. The number of aryl methyl sites for hydroxylation is 1. The highest BCUT2D eigenvalue weighted by molar-refractivity contribution is 5.84. The molecule has 30 heavy (non-hydrogen) atoms. The molecule has 3 aromatic rings. The van der Waals surface area contributed by atoms with E-state index in [1.54, 1.807) is 20.4 Å². The third kappa shape index (κ3) is 4.62. The lowest BCUT2D eigenvalue weighted by molar-refractivity contribution is -0.143. The minimum Gasteiger partial charge on any atom is -0.495 e. The van der Waals surface area contributed by atoms with Gasteiger partial charge in [-0.2, -0.15) is 5.10 Å². The quantitative estimate of drug-likeness (QED) is 0.470. The van der Waals surface area contributed by atoms with Crippen LogP contribution < -0.4 is 4.74 Å². The Morgan fingerprint density at radius 2 is 2.00 bits per heavy atom. The largest absolute Gasteiger partial charge is 0.495 e. The molecule has 0 aliphatic heterocycles. The molecule has 0 N–H and O–H groups in total. The summed E-state index contributed by atoms with van der Waals surface area (Å²) in [5, 5.41) is 4.88. The van der Waals surface area contributed by atoms with Crippen molar-refractivity contribution in [2.75, 3.05) is 20.8 Å². The minimum atomic E-state index is -0.180. The van der Waals surface area contributed by atoms with E-state index in [1.807, 2.05) is 23.7 Å². The van der Waals surface area contributed by atoms with Gasteiger partial charge in [-0.05, 0) is 49.9 Å². The van der Waals surface area contributed by atoms with E-state index in [9.17, 15) is 4.79 Å². The van der Waals surface area contributed by atoms with Gasteiger partial charge in [0.05, 0.1) is 37.7 Å². The van der Waals surface area contributed by atoms with Gasteiger partial charge in [0.25, 0.3) is 0 Å². The molecule has 0 fully saturated rings. The second-order valence-electron chi connectivity index (χ2n) is 6.98. The fourth-order valence-electron chi connectivity index (χ4n) is 3.68. The number of esters is 1. The Bertz CT molecular complexity index is 1010.